The molecule has 0 spiro atoms. The Morgan fingerprint density at radius 2 is 1.71 bits per heavy atom. The summed E-state index contributed by atoms with van der Waals surface area (Å²) in [5, 5.41) is 0. The molecule has 0 aliphatic carbocycles. The van der Waals surface area contributed by atoms with Crippen molar-refractivity contribution in [3.05, 3.63) is 71.3 Å². The Labute approximate surface area is 127 Å². The highest BCUT2D eigenvalue weighted by atomic mass is 16.5. The zero-order valence-corrected chi connectivity index (χ0v) is 12.8. The molecule has 0 radical (unpaired) electrons. The molecule has 1 atom stereocenters. The van der Waals surface area contributed by atoms with Gasteiger partial charge in [-0.15, -0.1) is 0 Å². The summed E-state index contributed by atoms with van der Waals surface area (Å²) in [6.45, 7) is 2.08. The van der Waals surface area contributed by atoms with Crippen molar-refractivity contribution < 1.29 is 4.74 Å². The minimum Gasteiger partial charge on any atom is -0.380 e. The third-order valence-corrected chi connectivity index (χ3v) is 3.74. The quantitative estimate of drug-likeness (QED) is 0.849. The number of ether oxygens (including phenoxy) is 1. The highest BCUT2D eigenvalue weighted by molar-refractivity contribution is 5.30. The van der Waals surface area contributed by atoms with Crippen LogP contribution in [-0.2, 0) is 17.9 Å². The van der Waals surface area contributed by atoms with Crippen LogP contribution in [0.2, 0.25) is 0 Å². The van der Waals surface area contributed by atoms with Crippen LogP contribution in [0.1, 0.15) is 22.7 Å². The van der Waals surface area contributed by atoms with Gasteiger partial charge in [0, 0.05) is 26.2 Å². The van der Waals surface area contributed by atoms with Crippen molar-refractivity contribution in [3.8, 4) is 0 Å². The zero-order chi connectivity index (χ0) is 15.1. The molecule has 21 heavy (non-hydrogen) atoms. The second kappa shape index (κ2) is 7.93. The SMILES string of the molecule is COCc1ccccc1C(CN)N(C)Cc1ccccc1. The first-order chi connectivity index (χ1) is 10.3. The highest BCUT2D eigenvalue weighted by Crippen LogP contribution is 2.24. The average Bonchev–Trinajstić information content (AvgIpc) is 2.51. The van der Waals surface area contributed by atoms with Gasteiger partial charge in [-0.1, -0.05) is 54.6 Å². The maximum absolute atomic E-state index is 6.04. The minimum atomic E-state index is 0.191. The summed E-state index contributed by atoms with van der Waals surface area (Å²) in [5.74, 6) is 0. The van der Waals surface area contributed by atoms with Gasteiger partial charge in [-0.05, 0) is 23.7 Å². The summed E-state index contributed by atoms with van der Waals surface area (Å²) in [4.78, 5) is 2.30. The Kier molecular flexibility index (Phi) is 5.93. The third-order valence-electron chi connectivity index (χ3n) is 3.74. The van der Waals surface area contributed by atoms with Crippen LogP contribution in [0.5, 0.6) is 0 Å². The Bertz CT molecular complexity index is 542. The molecule has 0 heterocycles. The monoisotopic (exact) mass is 284 g/mol. The fourth-order valence-corrected chi connectivity index (χ4v) is 2.67. The summed E-state index contributed by atoms with van der Waals surface area (Å²) < 4.78 is 5.30. The molecule has 0 aliphatic rings. The fraction of sp³-hybridized carbons (Fsp3) is 0.333. The van der Waals surface area contributed by atoms with Crippen LogP contribution in [0.4, 0.5) is 0 Å². The lowest BCUT2D eigenvalue weighted by Gasteiger charge is -2.29. The number of rotatable bonds is 7. The number of nitrogens with two attached hydrogens (primary N) is 1. The highest BCUT2D eigenvalue weighted by Gasteiger charge is 2.18. The molecule has 1 unspecified atom stereocenters. The Morgan fingerprint density at radius 3 is 2.38 bits per heavy atom. The molecule has 2 aromatic rings. The Hall–Kier alpha value is -1.68. The summed E-state index contributed by atoms with van der Waals surface area (Å²) in [6, 6.07) is 19.0. The summed E-state index contributed by atoms with van der Waals surface area (Å²) in [7, 11) is 3.84. The number of methoxy groups -OCH3 is 1. The van der Waals surface area contributed by atoms with Gasteiger partial charge in [0.05, 0.1) is 6.61 Å². The standard InChI is InChI=1S/C18H24N2O/c1-20(13-15-8-4-3-5-9-15)18(12-19)17-11-7-6-10-16(17)14-21-2/h3-11,18H,12-14,19H2,1-2H3. The lowest BCUT2D eigenvalue weighted by atomic mass is 9.99. The normalized spacial score (nSPS) is 12.6. The van der Waals surface area contributed by atoms with Crippen LogP contribution < -0.4 is 5.73 Å². The Balaban J connectivity index is 2.19. The van der Waals surface area contributed by atoms with Crippen molar-refractivity contribution in [2.45, 2.75) is 19.2 Å². The predicted octanol–water partition coefficient (Wildman–Crippen LogP) is 2.96. The van der Waals surface area contributed by atoms with Crippen molar-refractivity contribution in [3.63, 3.8) is 0 Å². The number of hydrogen-bond acceptors (Lipinski definition) is 3. The van der Waals surface area contributed by atoms with Crippen LogP contribution in [0, 0.1) is 0 Å². The van der Waals surface area contributed by atoms with Gasteiger partial charge in [0.25, 0.3) is 0 Å². The second-order valence-electron chi connectivity index (χ2n) is 5.28. The molecule has 0 bridgehead atoms. The molecule has 3 heteroatoms. The number of nitrogens with zero attached hydrogens (tertiary/aromatic N) is 1. The van der Waals surface area contributed by atoms with E-state index in [2.05, 4.69) is 54.4 Å². The summed E-state index contributed by atoms with van der Waals surface area (Å²) >= 11 is 0. The molecule has 2 rings (SSSR count). The molecule has 0 fully saturated rings. The number of hydrogen-bond donors (Lipinski definition) is 1. The van der Waals surface area contributed by atoms with Crippen molar-refractivity contribution in [1.29, 1.82) is 0 Å². The molecule has 112 valence electrons. The van der Waals surface area contributed by atoms with E-state index in [0.717, 1.165) is 6.54 Å². The molecule has 0 saturated carbocycles. The maximum Gasteiger partial charge on any atom is 0.0716 e. The molecule has 0 aliphatic heterocycles. The first-order valence-electron chi connectivity index (χ1n) is 7.27. The molecule has 2 N–H and O–H groups in total. The maximum atomic E-state index is 6.04. The van der Waals surface area contributed by atoms with E-state index in [1.165, 1.54) is 16.7 Å². The van der Waals surface area contributed by atoms with Crippen LogP contribution >= 0.6 is 0 Å². The van der Waals surface area contributed by atoms with Crippen molar-refractivity contribution in [1.82, 2.24) is 4.90 Å². The minimum absolute atomic E-state index is 0.191. The van der Waals surface area contributed by atoms with Gasteiger partial charge in [0.1, 0.15) is 0 Å². The van der Waals surface area contributed by atoms with Crippen LogP contribution in [0.3, 0.4) is 0 Å². The van der Waals surface area contributed by atoms with Crippen LogP contribution in [-0.4, -0.2) is 25.6 Å². The summed E-state index contributed by atoms with van der Waals surface area (Å²) in [5.41, 5.74) is 9.79. The van der Waals surface area contributed by atoms with Crippen molar-refractivity contribution >= 4 is 0 Å². The van der Waals surface area contributed by atoms with Crippen molar-refractivity contribution in [2.75, 3.05) is 20.7 Å². The summed E-state index contributed by atoms with van der Waals surface area (Å²) in [6.07, 6.45) is 0. The third kappa shape index (κ3) is 4.14. The van der Waals surface area contributed by atoms with E-state index in [-0.39, 0.29) is 6.04 Å². The molecular weight excluding hydrogens is 260 g/mol. The van der Waals surface area contributed by atoms with E-state index < -0.39 is 0 Å². The molecule has 0 amide bonds. The van der Waals surface area contributed by atoms with Gasteiger partial charge in [-0.2, -0.15) is 0 Å². The first-order valence-corrected chi connectivity index (χ1v) is 7.27. The van der Waals surface area contributed by atoms with Gasteiger partial charge in [0.2, 0.25) is 0 Å². The fourth-order valence-electron chi connectivity index (χ4n) is 2.67. The number of benzene rings is 2. The molecule has 2 aromatic carbocycles. The van der Waals surface area contributed by atoms with Crippen LogP contribution in [0.25, 0.3) is 0 Å². The van der Waals surface area contributed by atoms with E-state index >= 15 is 0 Å². The molecule has 0 aromatic heterocycles. The second-order valence-corrected chi connectivity index (χ2v) is 5.28. The average molecular weight is 284 g/mol. The van der Waals surface area contributed by atoms with Gasteiger partial charge in [-0.25, -0.2) is 0 Å². The van der Waals surface area contributed by atoms with E-state index in [0.29, 0.717) is 13.2 Å². The molecule has 0 saturated heterocycles. The van der Waals surface area contributed by atoms with Gasteiger partial charge in [-0.3, -0.25) is 4.90 Å². The smallest absolute Gasteiger partial charge is 0.0716 e. The van der Waals surface area contributed by atoms with Gasteiger partial charge in [0.15, 0.2) is 0 Å². The lowest BCUT2D eigenvalue weighted by Crippen LogP contribution is -2.31. The number of likely N-dealkylation sites (N-methyl/N-ethyl adjacent to an activating group) is 1. The lowest BCUT2D eigenvalue weighted by molar-refractivity contribution is 0.179. The zero-order valence-electron chi connectivity index (χ0n) is 12.8. The van der Waals surface area contributed by atoms with E-state index in [1.54, 1.807) is 7.11 Å². The first kappa shape index (κ1) is 15.7. The molecule has 3 nitrogen and oxygen atoms in total. The predicted molar refractivity (Wildman–Crippen MR) is 86.9 cm³/mol. The van der Waals surface area contributed by atoms with E-state index in [4.69, 9.17) is 10.5 Å². The van der Waals surface area contributed by atoms with E-state index in [1.807, 2.05) is 12.1 Å². The van der Waals surface area contributed by atoms with Gasteiger partial charge < -0.3 is 10.5 Å². The van der Waals surface area contributed by atoms with Crippen molar-refractivity contribution in [2.24, 2.45) is 5.73 Å². The topological polar surface area (TPSA) is 38.5 Å². The van der Waals surface area contributed by atoms with Gasteiger partial charge >= 0.3 is 0 Å². The largest absolute Gasteiger partial charge is 0.380 e. The Morgan fingerprint density at radius 1 is 1.05 bits per heavy atom. The van der Waals surface area contributed by atoms with E-state index in [9.17, 15) is 0 Å². The molecular formula is C18H24N2O. The van der Waals surface area contributed by atoms with Crippen LogP contribution in [0.15, 0.2) is 54.6 Å².